The summed E-state index contributed by atoms with van der Waals surface area (Å²) in [5, 5.41) is 0. The van der Waals surface area contributed by atoms with E-state index in [1.54, 1.807) is 0 Å². The second-order valence-corrected chi connectivity index (χ2v) is 6.81. The highest BCUT2D eigenvalue weighted by atomic mass is 79.9. The molecule has 1 atom stereocenters. The SMILES string of the molecule is NCc1ccc(CN2CCC(N3CCOCC3)C2)c(Br)c1. The zero-order chi connectivity index (χ0) is 14.7. The van der Waals surface area contributed by atoms with Crippen molar-refractivity contribution in [1.82, 2.24) is 9.80 Å². The van der Waals surface area contributed by atoms with Gasteiger partial charge in [0.25, 0.3) is 0 Å². The predicted octanol–water partition coefficient (Wildman–Crippen LogP) is 1.81. The van der Waals surface area contributed by atoms with Crippen LogP contribution in [0.4, 0.5) is 0 Å². The first-order valence-corrected chi connectivity index (χ1v) is 8.57. The fourth-order valence-electron chi connectivity index (χ4n) is 3.28. The number of rotatable bonds is 4. The number of nitrogens with two attached hydrogens (primary N) is 1. The minimum absolute atomic E-state index is 0.599. The summed E-state index contributed by atoms with van der Waals surface area (Å²) in [4.78, 5) is 5.15. The maximum atomic E-state index is 5.69. The van der Waals surface area contributed by atoms with Crippen molar-refractivity contribution in [3.8, 4) is 0 Å². The third-order valence-corrected chi connectivity index (χ3v) is 5.29. The van der Waals surface area contributed by atoms with Crippen LogP contribution < -0.4 is 5.73 Å². The lowest BCUT2D eigenvalue weighted by Gasteiger charge is -2.32. The number of ether oxygens (including phenoxy) is 1. The molecule has 21 heavy (non-hydrogen) atoms. The van der Waals surface area contributed by atoms with Crippen LogP contribution in [0.15, 0.2) is 22.7 Å². The Morgan fingerprint density at radius 3 is 2.76 bits per heavy atom. The van der Waals surface area contributed by atoms with Gasteiger partial charge >= 0.3 is 0 Å². The number of likely N-dealkylation sites (tertiary alicyclic amines) is 1. The Labute approximate surface area is 135 Å². The standard InChI is InChI=1S/C16H24BrN3O/c17-16-9-13(10-18)1-2-14(16)11-19-4-3-15(12-19)20-5-7-21-8-6-20/h1-2,9,15H,3-8,10-12,18H2. The van der Waals surface area contributed by atoms with Gasteiger partial charge in [-0.25, -0.2) is 0 Å². The number of hydrogen-bond acceptors (Lipinski definition) is 4. The summed E-state index contributed by atoms with van der Waals surface area (Å²) in [5.41, 5.74) is 8.22. The van der Waals surface area contributed by atoms with E-state index in [0.29, 0.717) is 12.6 Å². The summed E-state index contributed by atoms with van der Waals surface area (Å²) < 4.78 is 6.63. The van der Waals surface area contributed by atoms with Crippen molar-refractivity contribution in [3.63, 3.8) is 0 Å². The van der Waals surface area contributed by atoms with E-state index in [1.165, 1.54) is 35.1 Å². The summed E-state index contributed by atoms with van der Waals surface area (Å²) in [6.45, 7) is 7.94. The molecule has 116 valence electrons. The van der Waals surface area contributed by atoms with E-state index in [9.17, 15) is 0 Å². The summed E-state index contributed by atoms with van der Waals surface area (Å²) in [5.74, 6) is 0. The molecule has 1 aromatic carbocycles. The van der Waals surface area contributed by atoms with Crippen LogP contribution in [0.1, 0.15) is 17.5 Å². The molecule has 2 aliphatic heterocycles. The molecule has 0 radical (unpaired) electrons. The Hall–Kier alpha value is -0.460. The van der Waals surface area contributed by atoms with Crippen LogP contribution in [0.5, 0.6) is 0 Å². The second-order valence-electron chi connectivity index (χ2n) is 5.96. The second kappa shape index (κ2) is 7.20. The monoisotopic (exact) mass is 353 g/mol. The molecule has 1 unspecified atom stereocenters. The lowest BCUT2D eigenvalue weighted by molar-refractivity contribution is 0.0184. The molecular weight excluding hydrogens is 330 g/mol. The quantitative estimate of drug-likeness (QED) is 0.896. The van der Waals surface area contributed by atoms with E-state index in [1.807, 2.05) is 0 Å². The molecule has 2 saturated heterocycles. The van der Waals surface area contributed by atoms with E-state index in [-0.39, 0.29) is 0 Å². The highest BCUT2D eigenvalue weighted by Gasteiger charge is 2.28. The van der Waals surface area contributed by atoms with Crippen molar-refractivity contribution in [1.29, 1.82) is 0 Å². The van der Waals surface area contributed by atoms with Gasteiger partial charge in [-0.2, -0.15) is 0 Å². The number of hydrogen-bond donors (Lipinski definition) is 1. The first-order chi connectivity index (χ1) is 10.3. The Morgan fingerprint density at radius 2 is 2.05 bits per heavy atom. The number of morpholine rings is 1. The minimum Gasteiger partial charge on any atom is -0.379 e. The average molecular weight is 354 g/mol. The van der Waals surface area contributed by atoms with Crippen LogP contribution in [-0.4, -0.2) is 55.2 Å². The molecule has 2 heterocycles. The molecule has 0 saturated carbocycles. The molecule has 5 heteroatoms. The van der Waals surface area contributed by atoms with E-state index in [0.717, 1.165) is 32.8 Å². The highest BCUT2D eigenvalue weighted by molar-refractivity contribution is 9.10. The van der Waals surface area contributed by atoms with Crippen molar-refractivity contribution in [2.45, 2.75) is 25.6 Å². The van der Waals surface area contributed by atoms with Crippen LogP contribution in [0.3, 0.4) is 0 Å². The van der Waals surface area contributed by atoms with Crippen molar-refractivity contribution in [3.05, 3.63) is 33.8 Å². The topological polar surface area (TPSA) is 41.7 Å². The van der Waals surface area contributed by atoms with Gasteiger partial charge in [0.15, 0.2) is 0 Å². The van der Waals surface area contributed by atoms with Gasteiger partial charge in [0.1, 0.15) is 0 Å². The summed E-state index contributed by atoms with van der Waals surface area (Å²) >= 11 is 3.68. The first-order valence-electron chi connectivity index (χ1n) is 7.78. The van der Waals surface area contributed by atoms with Crippen LogP contribution in [-0.2, 0) is 17.8 Å². The molecule has 0 spiro atoms. The Bertz CT molecular complexity index is 477. The molecule has 2 aliphatic rings. The molecule has 3 rings (SSSR count). The van der Waals surface area contributed by atoms with Gasteiger partial charge in [-0.05, 0) is 23.6 Å². The van der Waals surface area contributed by atoms with Gasteiger partial charge in [0.05, 0.1) is 13.2 Å². The van der Waals surface area contributed by atoms with Gasteiger partial charge in [-0.3, -0.25) is 9.80 Å². The molecule has 2 N–H and O–H groups in total. The highest BCUT2D eigenvalue weighted by Crippen LogP contribution is 2.24. The largest absolute Gasteiger partial charge is 0.379 e. The molecule has 2 fully saturated rings. The fourth-order valence-corrected chi connectivity index (χ4v) is 3.83. The zero-order valence-corrected chi connectivity index (χ0v) is 14.0. The van der Waals surface area contributed by atoms with Crippen molar-refractivity contribution >= 4 is 15.9 Å². The molecule has 0 amide bonds. The Kier molecular flexibility index (Phi) is 5.29. The van der Waals surface area contributed by atoms with Crippen LogP contribution in [0, 0.1) is 0 Å². The maximum absolute atomic E-state index is 5.69. The van der Waals surface area contributed by atoms with Gasteiger partial charge in [0.2, 0.25) is 0 Å². The van der Waals surface area contributed by atoms with Gasteiger partial charge < -0.3 is 10.5 Å². The van der Waals surface area contributed by atoms with E-state index in [4.69, 9.17) is 10.5 Å². The van der Waals surface area contributed by atoms with Crippen LogP contribution in [0.2, 0.25) is 0 Å². The van der Waals surface area contributed by atoms with Crippen molar-refractivity contribution < 1.29 is 4.74 Å². The van der Waals surface area contributed by atoms with Crippen molar-refractivity contribution in [2.24, 2.45) is 5.73 Å². The number of halogens is 1. The third-order valence-electron chi connectivity index (χ3n) is 4.56. The normalized spacial score (nSPS) is 24.6. The summed E-state index contributed by atoms with van der Waals surface area (Å²) in [7, 11) is 0. The molecule has 0 bridgehead atoms. The number of benzene rings is 1. The van der Waals surface area contributed by atoms with E-state index >= 15 is 0 Å². The molecule has 0 aromatic heterocycles. The molecule has 4 nitrogen and oxygen atoms in total. The molecule has 1 aromatic rings. The van der Waals surface area contributed by atoms with Gasteiger partial charge in [-0.15, -0.1) is 0 Å². The minimum atomic E-state index is 0.599. The Balaban J connectivity index is 1.56. The Morgan fingerprint density at radius 1 is 1.24 bits per heavy atom. The van der Waals surface area contributed by atoms with Gasteiger partial charge in [0, 0.05) is 49.8 Å². The maximum Gasteiger partial charge on any atom is 0.0594 e. The first kappa shape index (κ1) is 15.4. The fraction of sp³-hybridized carbons (Fsp3) is 0.625. The summed E-state index contributed by atoms with van der Waals surface area (Å²) in [6, 6.07) is 7.19. The lowest BCUT2D eigenvalue weighted by Crippen LogP contribution is -2.44. The smallest absolute Gasteiger partial charge is 0.0594 e. The van der Waals surface area contributed by atoms with Crippen molar-refractivity contribution in [2.75, 3.05) is 39.4 Å². The number of nitrogens with zero attached hydrogens (tertiary/aromatic N) is 2. The average Bonchev–Trinajstić information content (AvgIpc) is 2.99. The van der Waals surface area contributed by atoms with Crippen LogP contribution >= 0.6 is 15.9 Å². The molecule has 0 aliphatic carbocycles. The predicted molar refractivity (Wildman–Crippen MR) is 88.1 cm³/mol. The van der Waals surface area contributed by atoms with E-state index < -0.39 is 0 Å². The molecular formula is C16H24BrN3O. The van der Waals surface area contributed by atoms with Crippen LogP contribution in [0.25, 0.3) is 0 Å². The lowest BCUT2D eigenvalue weighted by atomic mass is 10.1. The van der Waals surface area contributed by atoms with E-state index in [2.05, 4.69) is 43.9 Å². The zero-order valence-electron chi connectivity index (χ0n) is 12.4. The summed E-state index contributed by atoms with van der Waals surface area (Å²) in [6.07, 6.45) is 1.28. The van der Waals surface area contributed by atoms with Gasteiger partial charge in [-0.1, -0.05) is 28.1 Å². The third kappa shape index (κ3) is 3.85.